The number of benzene rings is 4. The lowest BCUT2D eigenvalue weighted by molar-refractivity contribution is 0.218. The number of carbonyl (C=O) groups excluding carboxylic acids is 2. The fourth-order valence-corrected chi connectivity index (χ4v) is 5.87. The molecule has 0 heterocycles. The van der Waals surface area contributed by atoms with Gasteiger partial charge < -0.3 is 10.6 Å². The Balaban J connectivity index is 1.72. The number of hydrogen-bond donors (Lipinski definition) is 4. The number of urea groups is 2. The molecular formula is C29H28N4O6S2. The van der Waals surface area contributed by atoms with Crippen LogP contribution in [0.2, 0.25) is 0 Å². The first-order chi connectivity index (χ1) is 19.4. The van der Waals surface area contributed by atoms with Crippen LogP contribution in [0.25, 0.3) is 0 Å². The highest BCUT2D eigenvalue weighted by atomic mass is 32.2. The molecule has 0 aliphatic carbocycles. The van der Waals surface area contributed by atoms with E-state index in [-0.39, 0.29) is 9.79 Å². The largest absolute Gasteiger partial charge is 0.331 e. The number of nitrogens with one attached hydrogen (secondary N) is 4. The summed E-state index contributed by atoms with van der Waals surface area (Å²) in [5.74, 6) is 0. The molecule has 4 aromatic rings. The molecule has 4 amide bonds. The molecule has 0 saturated carbocycles. The van der Waals surface area contributed by atoms with Gasteiger partial charge in [0, 0.05) is 11.1 Å². The van der Waals surface area contributed by atoms with E-state index in [0.717, 1.165) is 11.1 Å². The zero-order valence-corrected chi connectivity index (χ0v) is 23.8. The van der Waals surface area contributed by atoms with Crippen molar-refractivity contribution in [3.05, 3.63) is 131 Å². The Labute approximate surface area is 238 Å². The maximum atomic E-state index is 13.3. The lowest BCUT2D eigenvalue weighted by Crippen LogP contribution is -2.63. The molecule has 4 aromatic carbocycles. The van der Waals surface area contributed by atoms with Crippen LogP contribution in [0.3, 0.4) is 0 Å². The molecule has 0 unspecified atom stereocenters. The van der Waals surface area contributed by atoms with Gasteiger partial charge in [-0.25, -0.2) is 35.9 Å². The van der Waals surface area contributed by atoms with Crippen LogP contribution in [0.4, 0.5) is 9.59 Å². The lowest BCUT2D eigenvalue weighted by Gasteiger charge is -2.36. The molecule has 0 spiro atoms. The third-order valence-electron chi connectivity index (χ3n) is 6.13. The first-order valence-electron chi connectivity index (χ1n) is 12.4. The zero-order valence-electron chi connectivity index (χ0n) is 22.2. The minimum atomic E-state index is -4.30. The maximum absolute atomic E-state index is 13.3. The van der Waals surface area contributed by atoms with Gasteiger partial charge in [-0.2, -0.15) is 0 Å². The van der Waals surface area contributed by atoms with Gasteiger partial charge in [0.1, 0.15) is 0 Å². The molecule has 0 fully saturated rings. The average molecular weight is 593 g/mol. The van der Waals surface area contributed by atoms with Crippen molar-refractivity contribution in [3.8, 4) is 0 Å². The number of amides is 4. The molecule has 0 radical (unpaired) electrons. The van der Waals surface area contributed by atoms with Gasteiger partial charge in [0.05, 0.1) is 9.79 Å². The Bertz CT molecular complexity index is 1610. The number of sulfonamides is 2. The van der Waals surface area contributed by atoms with E-state index < -0.39 is 37.8 Å². The summed E-state index contributed by atoms with van der Waals surface area (Å²) in [5.41, 5.74) is 0.393. The quantitative estimate of drug-likeness (QED) is 0.228. The highest BCUT2D eigenvalue weighted by Crippen LogP contribution is 2.27. The molecule has 12 heteroatoms. The van der Waals surface area contributed by atoms with Crippen LogP contribution < -0.4 is 20.1 Å². The van der Waals surface area contributed by atoms with E-state index in [0.29, 0.717) is 11.1 Å². The second kappa shape index (κ2) is 11.8. The molecule has 0 aliphatic rings. The Kier molecular flexibility index (Phi) is 8.45. The third kappa shape index (κ3) is 6.91. The number of aryl methyl sites for hydroxylation is 2. The minimum Gasteiger partial charge on any atom is -0.306 e. The molecule has 212 valence electrons. The monoisotopic (exact) mass is 592 g/mol. The molecule has 4 rings (SSSR count). The van der Waals surface area contributed by atoms with Crippen molar-refractivity contribution in [2.24, 2.45) is 0 Å². The average Bonchev–Trinajstić information content (AvgIpc) is 2.93. The van der Waals surface area contributed by atoms with Gasteiger partial charge in [0.25, 0.3) is 20.0 Å². The summed E-state index contributed by atoms with van der Waals surface area (Å²) in [6, 6.07) is 25.8. The first-order valence-corrected chi connectivity index (χ1v) is 15.3. The van der Waals surface area contributed by atoms with Crippen molar-refractivity contribution < 1.29 is 26.4 Å². The molecule has 0 aliphatic heterocycles. The summed E-state index contributed by atoms with van der Waals surface area (Å²) in [5, 5.41) is 5.14. The molecule has 41 heavy (non-hydrogen) atoms. The minimum absolute atomic E-state index is 0.141. The fourth-order valence-electron chi connectivity index (χ4n) is 4.05. The molecule has 0 saturated heterocycles. The number of hydrogen-bond acceptors (Lipinski definition) is 6. The highest BCUT2D eigenvalue weighted by Gasteiger charge is 2.39. The van der Waals surface area contributed by atoms with Crippen LogP contribution in [-0.2, 0) is 25.7 Å². The van der Waals surface area contributed by atoms with E-state index in [1.807, 2.05) is 9.44 Å². The second-order valence-electron chi connectivity index (χ2n) is 9.23. The lowest BCUT2D eigenvalue weighted by atomic mass is 9.91. The molecule has 0 bridgehead atoms. The van der Waals surface area contributed by atoms with Gasteiger partial charge in [-0.1, -0.05) is 96.1 Å². The van der Waals surface area contributed by atoms with Crippen LogP contribution in [0.5, 0.6) is 0 Å². The molecular weight excluding hydrogens is 564 g/mol. The first kappa shape index (κ1) is 29.3. The Morgan fingerprint density at radius 1 is 0.512 bits per heavy atom. The van der Waals surface area contributed by atoms with Gasteiger partial charge in [0.2, 0.25) is 0 Å². The van der Waals surface area contributed by atoms with Crippen LogP contribution in [0, 0.1) is 13.8 Å². The van der Waals surface area contributed by atoms with Crippen LogP contribution in [0.1, 0.15) is 22.3 Å². The SMILES string of the molecule is Cc1ccc(S(=O)(=O)NC(=O)NC(NC(=O)NS(=O)(=O)c2ccc(C)cc2)(c2ccccc2)c2ccccc2)cc1. The molecule has 0 atom stereocenters. The third-order valence-corrected chi connectivity index (χ3v) is 8.83. The smallest absolute Gasteiger partial charge is 0.306 e. The van der Waals surface area contributed by atoms with Gasteiger partial charge in [-0.15, -0.1) is 0 Å². The summed E-state index contributed by atoms with van der Waals surface area (Å²) in [6.45, 7) is 3.58. The van der Waals surface area contributed by atoms with E-state index in [4.69, 9.17) is 0 Å². The van der Waals surface area contributed by atoms with Crippen molar-refractivity contribution in [1.82, 2.24) is 20.1 Å². The van der Waals surface area contributed by atoms with Crippen molar-refractivity contribution in [2.45, 2.75) is 29.3 Å². The van der Waals surface area contributed by atoms with Crippen molar-refractivity contribution in [1.29, 1.82) is 0 Å². The van der Waals surface area contributed by atoms with Crippen molar-refractivity contribution in [3.63, 3.8) is 0 Å². The summed E-state index contributed by atoms with van der Waals surface area (Å²) >= 11 is 0. The van der Waals surface area contributed by atoms with E-state index in [1.54, 1.807) is 98.8 Å². The van der Waals surface area contributed by atoms with Crippen LogP contribution in [0.15, 0.2) is 119 Å². The van der Waals surface area contributed by atoms with Crippen molar-refractivity contribution in [2.75, 3.05) is 0 Å². The van der Waals surface area contributed by atoms with Gasteiger partial charge in [-0.05, 0) is 38.1 Å². The van der Waals surface area contributed by atoms with Crippen LogP contribution in [-0.4, -0.2) is 28.9 Å². The van der Waals surface area contributed by atoms with E-state index in [1.165, 1.54) is 24.3 Å². The standard InChI is InChI=1S/C29H28N4O6S2/c1-21-13-17-25(18-14-21)40(36,37)32-27(34)30-29(23-9-5-3-6-10-23,24-11-7-4-8-12-24)31-28(35)33-41(38,39)26-19-15-22(2)16-20-26/h3-20H,1-2H3,(H2,30,32,34)(H2,31,33,35). The second-order valence-corrected chi connectivity index (χ2v) is 12.6. The van der Waals surface area contributed by atoms with E-state index in [9.17, 15) is 26.4 Å². The normalized spacial score (nSPS) is 11.8. The summed E-state index contributed by atoms with van der Waals surface area (Å²) < 4.78 is 55.8. The summed E-state index contributed by atoms with van der Waals surface area (Å²) in [6.07, 6.45) is 0. The zero-order chi connectivity index (χ0) is 29.7. The molecule has 10 nitrogen and oxygen atoms in total. The topological polar surface area (TPSA) is 151 Å². The molecule has 0 aromatic heterocycles. The fraction of sp³-hybridized carbons (Fsp3) is 0.103. The molecule has 4 N–H and O–H groups in total. The van der Waals surface area contributed by atoms with Crippen LogP contribution >= 0.6 is 0 Å². The van der Waals surface area contributed by atoms with Gasteiger partial charge in [-0.3, -0.25) is 0 Å². The maximum Gasteiger partial charge on any atom is 0.331 e. The Morgan fingerprint density at radius 3 is 1.15 bits per heavy atom. The van der Waals surface area contributed by atoms with Gasteiger partial charge >= 0.3 is 12.1 Å². The van der Waals surface area contributed by atoms with Gasteiger partial charge in [0.15, 0.2) is 5.66 Å². The number of carbonyl (C=O) groups is 2. The van der Waals surface area contributed by atoms with Crippen molar-refractivity contribution >= 4 is 32.1 Å². The Hall–Kier alpha value is -4.68. The van der Waals surface area contributed by atoms with E-state index >= 15 is 0 Å². The predicted molar refractivity (Wildman–Crippen MR) is 154 cm³/mol. The predicted octanol–water partition coefficient (Wildman–Crippen LogP) is 3.88. The summed E-state index contributed by atoms with van der Waals surface area (Å²) in [7, 11) is -8.59. The Morgan fingerprint density at radius 2 is 0.829 bits per heavy atom. The highest BCUT2D eigenvalue weighted by molar-refractivity contribution is 7.90. The van der Waals surface area contributed by atoms with E-state index in [2.05, 4.69) is 10.6 Å². The summed E-state index contributed by atoms with van der Waals surface area (Å²) in [4.78, 5) is 26.3. The number of rotatable bonds is 8.